The number of nitrogens with two attached hydrogens (primary N) is 2. The molecule has 0 heterocycles. The first kappa shape index (κ1) is 15.9. The summed E-state index contributed by atoms with van der Waals surface area (Å²) >= 11 is 0. The van der Waals surface area contributed by atoms with Crippen molar-refractivity contribution in [3.8, 4) is 5.75 Å². The van der Waals surface area contributed by atoms with Gasteiger partial charge in [-0.05, 0) is 31.9 Å². The molecule has 20 heavy (non-hydrogen) atoms. The fourth-order valence-corrected chi connectivity index (χ4v) is 1.74. The normalized spacial score (nSPS) is 13.6. The van der Waals surface area contributed by atoms with Crippen molar-refractivity contribution in [3.05, 3.63) is 33.4 Å². The molecule has 110 valence electrons. The molecule has 0 fully saturated rings. The van der Waals surface area contributed by atoms with Crippen molar-refractivity contribution in [2.75, 3.05) is 6.61 Å². The number of nitrogens with zero attached hydrogens (tertiary/aromatic N) is 1. The summed E-state index contributed by atoms with van der Waals surface area (Å²) in [6.07, 6.45) is 0.173. The van der Waals surface area contributed by atoms with Gasteiger partial charge in [0, 0.05) is 12.5 Å². The lowest BCUT2D eigenvalue weighted by Gasteiger charge is -2.20. The molecular formula is C13H19N3O4. The standard InChI is InChI=1S/C13H19N3O4/c1-8-6-9(2)11(10(7-8)16(18)19)20-5-4-13(3,15)12(14)17/h6-7H,4-5,15H2,1-3H3,(H2,14,17). The Hall–Kier alpha value is -2.15. The number of nitro benzene ring substituents is 1. The van der Waals surface area contributed by atoms with Gasteiger partial charge in [0.05, 0.1) is 17.1 Å². The van der Waals surface area contributed by atoms with Crippen LogP contribution < -0.4 is 16.2 Å². The average Bonchev–Trinajstić information content (AvgIpc) is 2.30. The Balaban J connectivity index is 2.88. The number of rotatable bonds is 6. The maximum absolute atomic E-state index is 11.1. The van der Waals surface area contributed by atoms with Crippen LogP contribution >= 0.6 is 0 Å². The zero-order valence-electron chi connectivity index (χ0n) is 11.8. The molecule has 0 aliphatic carbocycles. The molecule has 1 aromatic carbocycles. The summed E-state index contributed by atoms with van der Waals surface area (Å²) in [7, 11) is 0. The van der Waals surface area contributed by atoms with Crippen LogP contribution in [-0.4, -0.2) is 23.0 Å². The number of amides is 1. The number of ether oxygens (including phenoxy) is 1. The van der Waals surface area contributed by atoms with E-state index < -0.39 is 16.4 Å². The summed E-state index contributed by atoms with van der Waals surface area (Å²) in [5.41, 5.74) is 11.0. The maximum atomic E-state index is 11.1. The number of hydrogen-bond acceptors (Lipinski definition) is 5. The molecule has 0 bridgehead atoms. The van der Waals surface area contributed by atoms with Crippen LogP contribution in [0.1, 0.15) is 24.5 Å². The van der Waals surface area contributed by atoms with Gasteiger partial charge in [-0.25, -0.2) is 0 Å². The van der Waals surface area contributed by atoms with E-state index in [1.165, 1.54) is 13.0 Å². The molecule has 7 nitrogen and oxygen atoms in total. The summed E-state index contributed by atoms with van der Waals surface area (Å²) in [4.78, 5) is 21.6. The zero-order chi connectivity index (χ0) is 15.5. The molecule has 1 unspecified atom stereocenters. The summed E-state index contributed by atoms with van der Waals surface area (Å²) in [5.74, 6) is -0.447. The quantitative estimate of drug-likeness (QED) is 0.599. The zero-order valence-corrected chi connectivity index (χ0v) is 11.8. The molecule has 1 aromatic rings. The van der Waals surface area contributed by atoms with E-state index in [-0.39, 0.29) is 24.5 Å². The molecular weight excluding hydrogens is 262 g/mol. The monoisotopic (exact) mass is 281 g/mol. The first-order chi connectivity index (χ1) is 9.15. The summed E-state index contributed by atoms with van der Waals surface area (Å²) < 4.78 is 5.44. The van der Waals surface area contributed by atoms with E-state index in [1.54, 1.807) is 19.9 Å². The van der Waals surface area contributed by atoms with Crippen molar-refractivity contribution in [2.45, 2.75) is 32.7 Å². The number of carbonyl (C=O) groups is 1. The Morgan fingerprint density at radius 3 is 2.55 bits per heavy atom. The van der Waals surface area contributed by atoms with Gasteiger partial charge in [-0.2, -0.15) is 0 Å². The average molecular weight is 281 g/mol. The van der Waals surface area contributed by atoms with E-state index >= 15 is 0 Å². The lowest BCUT2D eigenvalue weighted by Crippen LogP contribution is -2.50. The van der Waals surface area contributed by atoms with Gasteiger partial charge in [0.15, 0.2) is 5.75 Å². The van der Waals surface area contributed by atoms with Gasteiger partial charge in [0.1, 0.15) is 0 Å². The molecule has 0 aliphatic heterocycles. The first-order valence-corrected chi connectivity index (χ1v) is 6.12. The lowest BCUT2D eigenvalue weighted by atomic mass is 9.99. The second kappa shape index (κ2) is 5.87. The lowest BCUT2D eigenvalue weighted by molar-refractivity contribution is -0.386. The predicted octanol–water partition coefficient (Wildman–Crippen LogP) is 1.18. The second-order valence-electron chi connectivity index (χ2n) is 5.07. The van der Waals surface area contributed by atoms with Gasteiger partial charge >= 0.3 is 5.69 Å². The minimum Gasteiger partial charge on any atom is -0.487 e. The van der Waals surface area contributed by atoms with Crippen molar-refractivity contribution in [2.24, 2.45) is 11.5 Å². The molecule has 0 spiro atoms. The molecule has 0 aliphatic rings. The smallest absolute Gasteiger partial charge is 0.311 e. The van der Waals surface area contributed by atoms with Gasteiger partial charge in [0.2, 0.25) is 5.91 Å². The Morgan fingerprint density at radius 2 is 2.05 bits per heavy atom. The highest BCUT2D eigenvalue weighted by atomic mass is 16.6. The Kier molecular flexibility index (Phi) is 4.67. The number of aryl methyl sites for hydroxylation is 2. The fourth-order valence-electron chi connectivity index (χ4n) is 1.74. The highest BCUT2D eigenvalue weighted by Gasteiger charge is 2.26. The number of hydrogen-bond donors (Lipinski definition) is 2. The number of benzene rings is 1. The van der Waals surface area contributed by atoms with Crippen LogP contribution in [0.5, 0.6) is 5.75 Å². The van der Waals surface area contributed by atoms with Gasteiger partial charge in [-0.3, -0.25) is 14.9 Å². The van der Waals surface area contributed by atoms with Gasteiger partial charge in [0.25, 0.3) is 0 Å². The second-order valence-corrected chi connectivity index (χ2v) is 5.07. The summed E-state index contributed by atoms with van der Waals surface area (Å²) in [5, 5.41) is 11.0. The van der Waals surface area contributed by atoms with E-state index in [2.05, 4.69) is 0 Å². The molecule has 0 saturated heterocycles. The Labute approximate surface area is 117 Å². The summed E-state index contributed by atoms with van der Waals surface area (Å²) in [6.45, 7) is 5.06. The number of primary amides is 1. The molecule has 7 heteroatoms. The van der Waals surface area contributed by atoms with E-state index in [0.29, 0.717) is 5.56 Å². The van der Waals surface area contributed by atoms with Crippen molar-refractivity contribution in [1.82, 2.24) is 0 Å². The minimum atomic E-state index is -1.20. The molecule has 0 aromatic heterocycles. The SMILES string of the molecule is Cc1cc(C)c(OCCC(C)(N)C(N)=O)c([N+](=O)[O-])c1. The molecule has 1 atom stereocenters. The van der Waals surface area contributed by atoms with Crippen LogP contribution in [0.25, 0.3) is 0 Å². The van der Waals surface area contributed by atoms with Gasteiger partial charge in [-0.15, -0.1) is 0 Å². The van der Waals surface area contributed by atoms with E-state index in [0.717, 1.165) is 5.56 Å². The van der Waals surface area contributed by atoms with Crippen LogP contribution in [0.3, 0.4) is 0 Å². The third-order valence-electron chi connectivity index (χ3n) is 3.03. The van der Waals surface area contributed by atoms with E-state index in [1.807, 2.05) is 0 Å². The van der Waals surface area contributed by atoms with Gasteiger partial charge < -0.3 is 16.2 Å². The Morgan fingerprint density at radius 1 is 1.45 bits per heavy atom. The predicted molar refractivity (Wildman–Crippen MR) is 74.5 cm³/mol. The van der Waals surface area contributed by atoms with Gasteiger partial charge in [-0.1, -0.05) is 6.07 Å². The van der Waals surface area contributed by atoms with Crippen molar-refractivity contribution < 1.29 is 14.5 Å². The highest BCUT2D eigenvalue weighted by Crippen LogP contribution is 2.32. The highest BCUT2D eigenvalue weighted by molar-refractivity contribution is 5.83. The molecule has 0 radical (unpaired) electrons. The molecule has 4 N–H and O–H groups in total. The van der Waals surface area contributed by atoms with Crippen LogP contribution in [0.4, 0.5) is 5.69 Å². The summed E-state index contributed by atoms with van der Waals surface area (Å²) in [6, 6.07) is 3.23. The van der Waals surface area contributed by atoms with Crippen LogP contribution in [0.15, 0.2) is 12.1 Å². The van der Waals surface area contributed by atoms with E-state index in [9.17, 15) is 14.9 Å². The third-order valence-corrected chi connectivity index (χ3v) is 3.03. The largest absolute Gasteiger partial charge is 0.487 e. The van der Waals surface area contributed by atoms with Crippen LogP contribution in [-0.2, 0) is 4.79 Å². The number of nitro groups is 1. The minimum absolute atomic E-state index is 0.0701. The first-order valence-electron chi connectivity index (χ1n) is 6.12. The number of carbonyl (C=O) groups excluding carboxylic acids is 1. The fraction of sp³-hybridized carbons (Fsp3) is 0.462. The van der Waals surface area contributed by atoms with Crippen molar-refractivity contribution in [3.63, 3.8) is 0 Å². The molecule has 1 amide bonds. The Bertz CT molecular complexity index is 541. The van der Waals surface area contributed by atoms with E-state index in [4.69, 9.17) is 16.2 Å². The topological polar surface area (TPSA) is 121 Å². The molecule has 0 saturated carbocycles. The maximum Gasteiger partial charge on any atom is 0.311 e. The van der Waals surface area contributed by atoms with Crippen LogP contribution in [0, 0.1) is 24.0 Å². The third kappa shape index (κ3) is 3.67. The van der Waals surface area contributed by atoms with Crippen molar-refractivity contribution >= 4 is 11.6 Å². The van der Waals surface area contributed by atoms with Crippen LogP contribution in [0.2, 0.25) is 0 Å². The molecule has 1 rings (SSSR count). The van der Waals surface area contributed by atoms with Crippen molar-refractivity contribution in [1.29, 1.82) is 0 Å².